The van der Waals surface area contributed by atoms with Gasteiger partial charge in [0.2, 0.25) is 5.91 Å². The molecule has 4 aromatic rings. The lowest BCUT2D eigenvalue weighted by molar-refractivity contribution is -0.115. The second kappa shape index (κ2) is 8.20. The van der Waals surface area contributed by atoms with Gasteiger partial charge in [-0.2, -0.15) is 0 Å². The third-order valence-corrected chi connectivity index (χ3v) is 6.08. The number of benzene rings is 2. The fourth-order valence-electron chi connectivity index (χ4n) is 3.67. The van der Waals surface area contributed by atoms with Gasteiger partial charge in [-0.1, -0.05) is 18.2 Å². The highest BCUT2D eigenvalue weighted by Crippen LogP contribution is 2.29. The van der Waals surface area contributed by atoms with Crippen molar-refractivity contribution in [3.8, 4) is 10.8 Å². The van der Waals surface area contributed by atoms with Crippen LogP contribution in [0.5, 0.6) is 0 Å². The third kappa shape index (κ3) is 4.00. The average Bonchev–Trinajstić information content (AvgIpc) is 3.54. The number of fused-ring (bicyclic) bond motifs is 1. The van der Waals surface area contributed by atoms with Crippen LogP contribution in [0, 0.1) is 0 Å². The highest BCUT2D eigenvalue weighted by atomic mass is 32.1. The summed E-state index contributed by atoms with van der Waals surface area (Å²) in [4.78, 5) is 31.6. The molecule has 6 nitrogen and oxygen atoms in total. The predicted octanol–water partition coefficient (Wildman–Crippen LogP) is 4.79. The van der Waals surface area contributed by atoms with E-state index >= 15 is 0 Å². The molecule has 0 saturated carbocycles. The zero-order chi connectivity index (χ0) is 21.2. The zero-order valence-corrected chi connectivity index (χ0v) is 17.4. The van der Waals surface area contributed by atoms with E-state index in [9.17, 15) is 9.59 Å². The summed E-state index contributed by atoms with van der Waals surface area (Å²) in [5.41, 5.74) is 4.09. The standard InChI is InChI=1S/C24H19N3O3S/c28-22(14-19-15-31-23(26-19)21-6-3-13-30-21)25-18-9-7-17(8-10-18)24(29)27-12-11-16-4-1-2-5-20(16)27/h1-10,13,15H,11-12,14H2,(H,25,28). The third-order valence-electron chi connectivity index (χ3n) is 5.17. The molecular weight excluding hydrogens is 410 g/mol. The van der Waals surface area contributed by atoms with E-state index in [4.69, 9.17) is 4.42 Å². The molecule has 0 fully saturated rings. The van der Waals surface area contributed by atoms with E-state index < -0.39 is 0 Å². The number of nitrogens with one attached hydrogen (secondary N) is 1. The molecule has 7 heteroatoms. The number of anilines is 2. The van der Waals surface area contributed by atoms with Crippen molar-refractivity contribution in [2.75, 3.05) is 16.8 Å². The Balaban J connectivity index is 1.21. The van der Waals surface area contributed by atoms with Crippen LogP contribution < -0.4 is 10.2 Å². The van der Waals surface area contributed by atoms with Gasteiger partial charge >= 0.3 is 0 Å². The van der Waals surface area contributed by atoms with Crippen molar-refractivity contribution in [1.82, 2.24) is 4.98 Å². The van der Waals surface area contributed by atoms with E-state index in [0.717, 1.165) is 17.1 Å². The number of carbonyl (C=O) groups excluding carboxylic acids is 2. The zero-order valence-electron chi connectivity index (χ0n) is 16.6. The second-order valence-corrected chi connectivity index (χ2v) is 8.12. The van der Waals surface area contributed by atoms with Crippen LogP contribution in [0.4, 0.5) is 11.4 Å². The number of carbonyl (C=O) groups is 2. The van der Waals surface area contributed by atoms with Gasteiger partial charge in [0.15, 0.2) is 10.8 Å². The molecule has 0 saturated heterocycles. The number of para-hydroxylation sites is 1. The van der Waals surface area contributed by atoms with Crippen LogP contribution in [0.1, 0.15) is 21.6 Å². The maximum atomic E-state index is 12.9. The number of hydrogen-bond donors (Lipinski definition) is 1. The van der Waals surface area contributed by atoms with Crippen LogP contribution in [0.15, 0.2) is 76.7 Å². The molecule has 1 N–H and O–H groups in total. The van der Waals surface area contributed by atoms with Gasteiger partial charge in [0.05, 0.1) is 18.4 Å². The summed E-state index contributed by atoms with van der Waals surface area (Å²) in [5.74, 6) is 0.497. The lowest BCUT2D eigenvalue weighted by atomic mass is 10.1. The molecule has 2 amide bonds. The van der Waals surface area contributed by atoms with Crippen LogP contribution in [0.25, 0.3) is 10.8 Å². The first kappa shape index (κ1) is 19.3. The number of nitrogens with zero attached hydrogens (tertiary/aromatic N) is 2. The molecule has 31 heavy (non-hydrogen) atoms. The Morgan fingerprint density at radius 3 is 2.71 bits per heavy atom. The van der Waals surface area contributed by atoms with Crippen molar-refractivity contribution in [1.29, 1.82) is 0 Å². The maximum Gasteiger partial charge on any atom is 0.258 e. The Morgan fingerprint density at radius 1 is 1.06 bits per heavy atom. The van der Waals surface area contributed by atoms with E-state index in [1.165, 1.54) is 16.9 Å². The molecule has 154 valence electrons. The minimum absolute atomic E-state index is 0.0317. The largest absolute Gasteiger partial charge is 0.462 e. The lowest BCUT2D eigenvalue weighted by Gasteiger charge is -2.17. The molecular formula is C24H19N3O3S. The molecule has 0 bridgehead atoms. The van der Waals surface area contributed by atoms with Gasteiger partial charge in [-0.15, -0.1) is 11.3 Å². The van der Waals surface area contributed by atoms with Crippen molar-refractivity contribution in [3.05, 3.63) is 89.1 Å². The van der Waals surface area contributed by atoms with E-state index in [1.807, 2.05) is 34.5 Å². The van der Waals surface area contributed by atoms with E-state index in [-0.39, 0.29) is 18.2 Å². The Morgan fingerprint density at radius 2 is 1.90 bits per heavy atom. The molecule has 0 aliphatic carbocycles. The number of furan rings is 1. The quantitative estimate of drug-likeness (QED) is 0.495. The van der Waals surface area contributed by atoms with Crippen LogP contribution >= 0.6 is 11.3 Å². The highest BCUT2D eigenvalue weighted by Gasteiger charge is 2.25. The van der Waals surface area contributed by atoms with Crippen LogP contribution in [-0.2, 0) is 17.6 Å². The highest BCUT2D eigenvalue weighted by molar-refractivity contribution is 7.13. The fraction of sp³-hybridized carbons (Fsp3) is 0.125. The summed E-state index contributed by atoms with van der Waals surface area (Å²) in [6.07, 6.45) is 2.64. The number of hydrogen-bond acceptors (Lipinski definition) is 5. The van der Waals surface area contributed by atoms with Crippen molar-refractivity contribution in [3.63, 3.8) is 0 Å². The van der Waals surface area contributed by atoms with Crippen molar-refractivity contribution in [2.45, 2.75) is 12.8 Å². The Labute approximate surface area is 183 Å². The molecule has 2 aromatic carbocycles. The van der Waals surface area contributed by atoms with Crippen molar-refractivity contribution in [2.24, 2.45) is 0 Å². The number of amides is 2. The molecule has 2 aromatic heterocycles. The summed E-state index contributed by atoms with van der Waals surface area (Å²) in [6, 6.07) is 18.6. The van der Waals surface area contributed by atoms with Crippen LogP contribution in [0.2, 0.25) is 0 Å². The van der Waals surface area contributed by atoms with Gasteiger partial charge in [0, 0.05) is 28.9 Å². The SMILES string of the molecule is O=C(Cc1csc(-c2ccco2)n1)Nc1ccc(C(=O)N2CCc3ccccc32)cc1. The molecule has 5 rings (SSSR count). The molecule has 0 unspecified atom stereocenters. The molecule has 0 spiro atoms. The van der Waals surface area contributed by atoms with Gasteiger partial charge in [-0.3, -0.25) is 9.59 Å². The first-order valence-electron chi connectivity index (χ1n) is 9.95. The van der Waals surface area contributed by atoms with Crippen LogP contribution in [0.3, 0.4) is 0 Å². The Bertz CT molecular complexity index is 1230. The first-order chi connectivity index (χ1) is 15.2. The predicted molar refractivity (Wildman–Crippen MR) is 120 cm³/mol. The second-order valence-electron chi connectivity index (χ2n) is 7.26. The molecule has 1 aliphatic rings. The minimum atomic E-state index is -0.163. The van der Waals surface area contributed by atoms with E-state index in [0.29, 0.717) is 29.2 Å². The number of rotatable bonds is 5. The van der Waals surface area contributed by atoms with Crippen molar-refractivity contribution >= 4 is 34.5 Å². The van der Waals surface area contributed by atoms with Gasteiger partial charge in [0.25, 0.3) is 5.91 Å². The van der Waals surface area contributed by atoms with Gasteiger partial charge < -0.3 is 14.6 Å². The smallest absolute Gasteiger partial charge is 0.258 e. The minimum Gasteiger partial charge on any atom is -0.462 e. The van der Waals surface area contributed by atoms with Crippen molar-refractivity contribution < 1.29 is 14.0 Å². The first-order valence-corrected chi connectivity index (χ1v) is 10.8. The fourth-order valence-corrected chi connectivity index (χ4v) is 4.46. The van der Waals surface area contributed by atoms with E-state index in [1.54, 1.807) is 36.6 Å². The molecule has 0 atom stereocenters. The molecule has 0 radical (unpaired) electrons. The monoisotopic (exact) mass is 429 g/mol. The van der Waals surface area contributed by atoms with Gasteiger partial charge in [-0.05, 0) is 54.4 Å². The summed E-state index contributed by atoms with van der Waals surface area (Å²) in [5, 5.41) is 5.47. The van der Waals surface area contributed by atoms with Gasteiger partial charge in [0.1, 0.15) is 0 Å². The normalized spacial score (nSPS) is 12.6. The topological polar surface area (TPSA) is 75.4 Å². The Hall–Kier alpha value is -3.71. The summed E-state index contributed by atoms with van der Waals surface area (Å²) in [7, 11) is 0. The molecule has 1 aliphatic heterocycles. The number of aromatic nitrogens is 1. The number of thiazole rings is 1. The molecule has 3 heterocycles. The summed E-state index contributed by atoms with van der Waals surface area (Å²) >= 11 is 1.44. The lowest BCUT2D eigenvalue weighted by Crippen LogP contribution is -2.28. The Kier molecular flexibility index (Phi) is 5.09. The average molecular weight is 430 g/mol. The maximum absolute atomic E-state index is 12.9. The van der Waals surface area contributed by atoms with Crippen LogP contribution in [-0.4, -0.2) is 23.3 Å². The summed E-state index contributed by atoms with van der Waals surface area (Å²) in [6.45, 7) is 0.685. The van der Waals surface area contributed by atoms with Gasteiger partial charge in [-0.25, -0.2) is 4.98 Å². The van der Waals surface area contributed by atoms with E-state index in [2.05, 4.69) is 16.4 Å². The summed E-state index contributed by atoms with van der Waals surface area (Å²) < 4.78 is 5.34.